The van der Waals surface area contributed by atoms with E-state index >= 15 is 0 Å². The molecule has 1 rings (SSSR count). The van der Waals surface area contributed by atoms with E-state index < -0.39 is 17.6 Å². The van der Waals surface area contributed by atoms with E-state index in [1.807, 2.05) is 0 Å². The standard InChI is InChI=1S/C7H5F4NO.ClH/c8-5-1-4(7(9,10)11)2-6(3-5)13-12;/h1-3H,12H2;1H. The third-order valence-corrected chi connectivity index (χ3v) is 1.33. The molecule has 14 heavy (non-hydrogen) atoms. The first kappa shape index (κ1) is 13.0. The Bertz CT molecular complexity index is 315. The van der Waals surface area contributed by atoms with E-state index in [9.17, 15) is 17.6 Å². The number of hydrogen-bond acceptors (Lipinski definition) is 2. The second-order valence-corrected chi connectivity index (χ2v) is 2.29. The largest absolute Gasteiger partial charge is 0.416 e. The molecule has 2 nitrogen and oxygen atoms in total. The summed E-state index contributed by atoms with van der Waals surface area (Å²) in [6.07, 6.45) is -4.60. The van der Waals surface area contributed by atoms with Gasteiger partial charge in [0.2, 0.25) is 0 Å². The monoisotopic (exact) mass is 231 g/mol. The Labute approximate surface area is 83.0 Å². The van der Waals surface area contributed by atoms with Gasteiger partial charge in [-0.25, -0.2) is 4.39 Å². The summed E-state index contributed by atoms with van der Waals surface area (Å²) in [6.45, 7) is 0. The predicted octanol–water partition coefficient (Wildman–Crippen LogP) is 2.52. The zero-order chi connectivity index (χ0) is 10.1. The first-order valence-corrected chi connectivity index (χ1v) is 3.18. The maximum absolute atomic E-state index is 12.5. The summed E-state index contributed by atoms with van der Waals surface area (Å²) in [6, 6.07) is 1.74. The van der Waals surface area contributed by atoms with Gasteiger partial charge in [0.05, 0.1) is 5.56 Å². The first-order valence-electron chi connectivity index (χ1n) is 3.18. The Balaban J connectivity index is 0.00000169. The van der Waals surface area contributed by atoms with Crippen LogP contribution in [0.15, 0.2) is 18.2 Å². The highest BCUT2D eigenvalue weighted by Gasteiger charge is 2.31. The molecule has 0 amide bonds. The molecule has 0 saturated carbocycles. The molecule has 0 aliphatic rings. The van der Waals surface area contributed by atoms with E-state index in [0.717, 1.165) is 6.07 Å². The zero-order valence-electron chi connectivity index (χ0n) is 6.64. The molecular weight excluding hydrogens is 226 g/mol. The maximum atomic E-state index is 12.5. The van der Waals surface area contributed by atoms with Crippen LogP contribution in [0.5, 0.6) is 5.75 Å². The SMILES string of the molecule is Cl.NOc1cc(F)cc(C(F)(F)F)c1. The highest BCUT2D eigenvalue weighted by atomic mass is 35.5. The van der Waals surface area contributed by atoms with Crippen LogP contribution in [-0.2, 0) is 6.18 Å². The minimum absolute atomic E-state index is 0. The van der Waals surface area contributed by atoms with Crippen LogP contribution < -0.4 is 10.7 Å². The number of nitrogens with two attached hydrogens (primary N) is 1. The van der Waals surface area contributed by atoms with Crippen molar-refractivity contribution in [2.45, 2.75) is 6.18 Å². The molecule has 1 aromatic carbocycles. The lowest BCUT2D eigenvalue weighted by Gasteiger charge is -2.07. The predicted molar refractivity (Wildman–Crippen MR) is 43.5 cm³/mol. The molecule has 0 aliphatic heterocycles. The van der Waals surface area contributed by atoms with Crippen molar-refractivity contribution < 1.29 is 22.4 Å². The maximum Gasteiger partial charge on any atom is 0.416 e. The van der Waals surface area contributed by atoms with Gasteiger partial charge in [-0.15, -0.1) is 12.4 Å². The summed E-state index contributed by atoms with van der Waals surface area (Å²) in [7, 11) is 0. The smallest absolute Gasteiger partial charge is 0.411 e. The van der Waals surface area contributed by atoms with Gasteiger partial charge >= 0.3 is 6.18 Å². The molecule has 1 aromatic rings. The van der Waals surface area contributed by atoms with Crippen LogP contribution in [0.4, 0.5) is 17.6 Å². The minimum Gasteiger partial charge on any atom is -0.411 e. The molecule has 0 atom stereocenters. The van der Waals surface area contributed by atoms with Gasteiger partial charge < -0.3 is 4.84 Å². The van der Waals surface area contributed by atoms with E-state index in [2.05, 4.69) is 10.7 Å². The molecular formula is C7H6ClF4NO. The molecule has 0 saturated heterocycles. The van der Waals surface area contributed by atoms with Crippen molar-refractivity contribution >= 4 is 12.4 Å². The van der Waals surface area contributed by atoms with Crippen molar-refractivity contribution in [3.63, 3.8) is 0 Å². The first-order chi connectivity index (χ1) is 5.93. The Morgan fingerprint density at radius 3 is 2.14 bits per heavy atom. The molecule has 0 unspecified atom stereocenters. The van der Waals surface area contributed by atoms with Crippen LogP contribution in [0.25, 0.3) is 0 Å². The number of alkyl halides is 3. The highest BCUT2D eigenvalue weighted by Crippen LogP contribution is 2.31. The quantitative estimate of drug-likeness (QED) is 0.595. The molecule has 0 aromatic heterocycles. The van der Waals surface area contributed by atoms with Crippen LogP contribution in [0.1, 0.15) is 5.56 Å². The number of rotatable bonds is 1. The Hall–Kier alpha value is -1.01. The molecule has 0 heterocycles. The van der Waals surface area contributed by atoms with Crippen LogP contribution in [0.3, 0.4) is 0 Å². The Morgan fingerprint density at radius 2 is 1.71 bits per heavy atom. The van der Waals surface area contributed by atoms with Crippen LogP contribution >= 0.6 is 12.4 Å². The summed E-state index contributed by atoms with van der Waals surface area (Å²) >= 11 is 0. The summed E-state index contributed by atoms with van der Waals surface area (Å²) < 4.78 is 48.6. The van der Waals surface area contributed by atoms with Gasteiger partial charge in [0, 0.05) is 6.07 Å². The fraction of sp³-hybridized carbons (Fsp3) is 0.143. The van der Waals surface area contributed by atoms with Crippen LogP contribution in [0.2, 0.25) is 0 Å². The van der Waals surface area contributed by atoms with Gasteiger partial charge in [-0.05, 0) is 12.1 Å². The number of halogens is 5. The topological polar surface area (TPSA) is 35.2 Å². The molecule has 0 fully saturated rings. The van der Waals surface area contributed by atoms with Crippen LogP contribution in [0, 0.1) is 5.82 Å². The lowest BCUT2D eigenvalue weighted by Crippen LogP contribution is -2.08. The van der Waals surface area contributed by atoms with Gasteiger partial charge in [-0.1, -0.05) is 0 Å². The van der Waals surface area contributed by atoms with E-state index in [0.29, 0.717) is 12.1 Å². The van der Waals surface area contributed by atoms with E-state index in [1.165, 1.54) is 0 Å². The van der Waals surface area contributed by atoms with Crippen molar-refractivity contribution in [3.8, 4) is 5.75 Å². The third kappa shape index (κ3) is 3.04. The fourth-order valence-corrected chi connectivity index (χ4v) is 0.794. The summed E-state index contributed by atoms with van der Waals surface area (Å²) in [5.41, 5.74) is -1.13. The molecule has 7 heteroatoms. The molecule has 0 aliphatic carbocycles. The lowest BCUT2D eigenvalue weighted by molar-refractivity contribution is -0.137. The van der Waals surface area contributed by atoms with E-state index in [1.54, 1.807) is 0 Å². The molecule has 0 spiro atoms. The van der Waals surface area contributed by atoms with Crippen molar-refractivity contribution in [1.82, 2.24) is 0 Å². The van der Waals surface area contributed by atoms with Crippen molar-refractivity contribution in [1.29, 1.82) is 0 Å². The summed E-state index contributed by atoms with van der Waals surface area (Å²) in [5.74, 6) is 3.18. The van der Waals surface area contributed by atoms with Gasteiger partial charge in [0.25, 0.3) is 0 Å². The van der Waals surface area contributed by atoms with Gasteiger partial charge in [-0.2, -0.15) is 19.1 Å². The second-order valence-electron chi connectivity index (χ2n) is 2.29. The molecule has 0 radical (unpaired) electrons. The average Bonchev–Trinajstić information content (AvgIpc) is 2.01. The van der Waals surface area contributed by atoms with Crippen molar-refractivity contribution in [2.75, 3.05) is 0 Å². The number of benzene rings is 1. The Kier molecular flexibility index (Phi) is 4.15. The van der Waals surface area contributed by atoms with Crippen molar-refractivity contribution in [2.24, 2.45) is 5.90 Å². The van der Waals surface area contributed by atoms with Crippen LogP contribution in [-0.4, -0.2) is 0 Å². The van der Waals surface area contributed by atoms with Gasteiger partial charge in [0.15, 0.2) is 0 Å². The highest BCUT2D eigenvalue weighted by molar-refractivity contribution is 5.85. The summed E-state index contributed by atoms with van der Waals surface area (Å²) in [4.78, 5) is 3.99. The Morgan fingerprint density at radius 1 is 1.14 bits per heavy atom. The summed E-state index contributed by atoms with van der Waals surface area (Å²) in [5, 5.41) is 0. The molecule has 80 valence electrons. The molecule has 2 N–H and O–H groups in total. The zero-order valence-corrected chi connectivity index (χ0v) is 7.45. The second kappa shape index (κ2) is 4.47. The van der Waals surface area contributed by atoms with Gasteiger partial charge in [-0.3, -0.25) is 0 Å². The van der Waals surface area contributed by atoms with E-state index in [4.69, 9.17) is 0 Å². The van der Waals surface area contributed by atoms with Gasteiger partial charge in [0.1, 0.15) is 11.6 Å². The number of hydrogen-bond donors (Lipinski definition) is 1. The van der Waals surface area contributed by atoms with Crippen molar-refractivity contribution in [3.05, 3.63) is 29.6 Å². The fourth-order valence-electron chi connectivity index (χ4n) is 0.794. The van der Waals surface area contributed by atoms with E-state index in [-0.39, 0.29) is 18.2 Å². The molecule has 0 bridgehead atoms. The average molecular weight is 232 g/mol. The normalized spacial score (nSPS) is 10.6. The third-order valence-electron chi connectivity index (χ3n) is 1.33. The minimum atomic E-state index is -4.60. The lowest BCUT2D eigenvalue weighted by atomic mass is 10.2.